The first-order valence-corrected chi connectivity index (χ1v) is 13.2. The number of likely N-dealkylation sites (N-methyl/N-ethyl adjacent to an activating group) is 1. The van der Waals surface area contributed by atoms with Gasteiger partial charge in [-0.2, -0.15) is 0 Å². The summed E-state index contributed by atoms with van der Waals surface area (Å²) in [6, 6.07) is 15.6. The van der Waals surface area contributed by atoms with Gasteiger partial charge < -0.3 is 9.80 Å². The van der Waals surface area contributed by atoms with Gasteiger partial charge in [0.2, 0.25) is 0 Å². The monoisotopic (exact) mass is 511 g/mol. The Bertz CT molecular complexity index is 1330. The highest BCUT2D eigenvalue weighted by Crippen LogP contribution is 2.44. The average molecular weight is 512 g/mol. The molecule has 1 aromatic heterocycles. The van der Waals surface area contributed by atoms with E-state index in [9.17, 15) is 13.2 Å². The maximum atomic E-state index is 14.0. The molecule has 5 rings (SSSR count). The van der Waals surface area contributed by atoms with E-state index < -0.39 is 16.1 Å². The van der Waals surface area contributed by atoms with E-state index in [1.165, 1.54) is 4.90 Å². The maximum Gasteiger partial charge on any atom is 0.339 e. The Balaban J connectivity index is 1.66. The molecule has 8 nitrogen and oxygen atoms in total. The lowest BCUT2D eigenvalue weighted by Crippen LogP contribution is -2.51. The molecule has 0 spiro atoms. The number of nitrogens with zero attached hydrogens (tertiary/aromatic N) is 5. The maximum absolute atomic E-state index is 14.0. The first-order chi connectivity index (χ1) is 16.8. The largest absolute Gasteiger partial charge is 0.368 e. The number of benzene rings is 2. The molecular formula is C25H26ClN5O3S. The molecule has 0 bridgehead atoms. The second kappa shape index (κ2) is 9.49. The van der Waals surface area contributed by atoms with Gasteiger partial charge in [-0.3, -0.25) is 9.88 Å². The van der Waals surface area contributed by atoms with Gasteiger partial charge >= 0.3 is 6.03 Å². The molecule has 3 heterocycles. The van der Waals surface area contributed by atoms with Crippen LogP contribution in [-0.4, -0.2) is 61.9 Å². The minimum atomic E-state index is -4.16. The summed E-state index contributed by atoms with van der Waals surface area (Å²) in [7, 11) is -2.12. The fourth-order valence-corrected chi connectivity index (χ4v) is 6.42. The van der Waals surface area contributed by atoms with Crippen molar-refractivity contribution in [2.45, 2.75) is 18.0 Å². The standard InChI is InChI=1S/C25H26ClN5O3S/c1-28-11-13-29(14-12-28)22-15-21(26)16-23-24(22)35(33,34)31(18-20-7-9-27-10-8-20)25(32)30(23)17-19-5-3-2-4-6-19/h2-10,15-16H,11-14,17-18H2,1H3. The molecule has 2 aliphatic rings. The van der Waals surface area contributed by atoms with Crippen molar-refractivity contribution in [3.8, 4) is 0 Å². The van der Waals surface area contributed by atoms with E-state index >= 15 is 0 Å². The van der Waals surface area contributed by atoms with Crippen LogP contribution in [0.3, 0.4) is 0 Å². The summed E-state index contributed by atoms with van der Waals surface area (Å²) in [5.74, 6) is 0. The van der Waals surface area contributed by atoms with E-state index in [-0.39, 0.29) is 18.0 Å². The Hall–Kier alpha value is -3.14. The number of fused-ring (bicyclic) bond motifs is 1. The number of piperazine rings is 1. The summed E-state index contributed by atoms with van der Waals surface area (Å²) in [4.78, 5) is 23.6. The Labute approximate surface area is 210 Å². The number of hydrogen-bond donors (Lipinski definition) is 0. The number of carbonyl (C=O) groups excluding carboxylic acids is 1. The van der Waals surface area contributed by atoms with Crippen molar-refractivity contribution >= 4 is 39.0 Å². The Morgan fingerprint density at radius 2 is 1.51 bits per heavy atom. The second-order valence-corrected chi connectivity index (χ2v) is 11.0. The van der Waals surface area contributed by atoms with Crippen LogP contribution in [0.25, 0.3) is 0 Å². The van der Waals surface area contributed by atoms with Crippen molar-refractivity contribution < 1.29 is 13.2 Å². The SMILES string of the molecule is CN1CCN(c2cc(Cl)cc3c2S(=O)(=O)N(Cc2ccncc2)C(=O)N3Cc2ccccc2)CC1. The van der Waals surface area contributed by atoms with Gasteiger partial charge in [0.25, 0.3) is 10.0 Å². The lowest BCUT2D eigenvalue weighted by Gasteiger charge is -2.40. The first kappa shape index (κ1) is 23.6. The van der Waals surface area contributed by atoms with Gasteiger partial charge in [0.15, 0.2) is 0 Å². The Morgan fingerprint density at radius 1 is 0.886 bits per heavy atom. The highest BCUT2D eigenvalue weighted by Gasteiger charge is 2.44. The van der Waals surface area contributed by atoms with E-state index in [1.54, 1.807) is 36.7 Å². The summed E-state index contributed by atoms with van der Waals surface area (Å²) in [5, 5.41) is 0.390. The number of halogens is 1. The smallest absolute Gasteiger partial charge is 0.339 e. The molecule has 0 radical (unpaired) electrons. The third-order valence-corrected chi connectivity index (χ3v) is 8.42. The number of carbonyl (C=O) groups is 1. The first-order valence-electron chi connectivity index (χ1n) is 11.4. The average Bonchev–Trinajstić information content (AvgIpc) is 2.86. The summed E-state index contributed by atoms with van der Waals surface area (Å²) in [6.45, 7) is 3.06. The molecular weight excluding hydrogens is 486 g/mol. The van der Waals surface area contributed by atoms with Gasteiger partial charge in [-0.1, -0.05) is 41.9 Å². The lowest BCUT2D eigenvalue weighted by molar-refractivity contribution is 0.226. The number of rotatable bonds is 5. The summed E-state index contributed by atoms with van der Waals surface area (Å²) < 4.78 is 29.0. The van der Waals surface area contributed by atoms with Crippen LogP contribution >= 0.6 is 11.6 Å². The number of pyridine rings is 1. The van der Waals surface area contributed by atoms with Crippen molar-refractivity contribution in [2.24, 2.45) is 0 Å². The highest BCUT2D eigenvalue weighted by atomic mass is 35.5. The van der Waals surface area contributed by atoms with Crippen molar-refractivity contribution in [3.05, 3.63) is 83.1 Å². The summed E-state index contributed by atoms with van der Waals surface area (Å²) >= 11 is 6.51. The summed E-state index contributed by atoms with van der Waals surface area (Å²) in [6.07, 6.45) is 3.17. The van der Waals surface area contributed by atoms with Crippen LogP contribution in [0.4, 0.5) is 16.2 Å². The fourth-order valence-electron chi connectivity index (χ4n) is 4.49. The van der Waals surface area contributed by atoms with E-state index in [2.05, 4.69) is 9.88 Å². The minimum absolute atomic E-state index is 0.0841. The molecule has 0 saturated carbocycles. The van der Waals surface area contributed by atoms with Crippen molar-refractivity contribution in [3.63, 3.8) is 0 Å². The van der Waals surface area contributed by atoms with Gasteiger partial charge in [-0.15, -0.1) is 0 Å². The number of aromatic nitrogens is 1. The molecule has 10 heteroatoms. The van der Waals surface area contributed by atoms with Gasteiger partial charge in [0.05, 0.1) is 24.5 Å². The van der Waals surface area contributed by atoms with Crippen LogP contribution in [-0.2, 0) is 23.1 Å². The van der Waals surface area contributed by atoms with Crippen molar-refractivity contribution in [1.82, 2.24) is 14.2 Å². The zero-order valence-electron chi connectivity index (χ0n) is 19.3. The zero-order valence-corrected chi connectivity index (χ0v) is 20.9. The topological polar surface area (TPSA) is 77.1 Å². The molecule has 2 amide bonds. The Kier molecular flexibility index (Phi) is 6.39. The third kappa shape index (κ3) is 4.59. The van der Waals surface area contributed by atoms with Gasteiger partial charge in [0.1, 0.15) is 4.90 Å². The highest BCUT2D eigenvalue weighted by molar-refractivity contribution is 7.90. The van der Waals surface area contributed by atoms with Gasteiger partial charge in [-0.05, 0) is 42.4 Å². The summed E-state index contributed by atoms with van der Waals surface area (Å²) in [5.41, 5.74) is 2.41. The molecule has 2 aromatic carbocycles. The van der Waals surface area contributed by atoms with Crippen LogP contribution in [0, 0.1) is 0 Å². The van der Waals surface area contributed by atoms with Crippen LogP contribution < -0.4 is 9.80 Å². The van der Waals surface area contributed by atoms with Gasteiger partial charge in [0, 0.05) is 43.6 Å². The van der Waals surface area contributed by atoms with Crippen LogP contribution in [0.2, 0.25) is 5.02 Å². The van der Waals surface area contributed by atoms with Gasteiger partial charge in [-0.25, -0.2) is 17.5 Å². The molecule has 35 heavy (non-hydrogen) atoms. The minimum Gasteiger partial charge on any atom is -0.368 e. The molecule has 0 N–H and O–H groups in total. The fraction of sp³-hybridized carbons (Fsp3) is 0.280. The van der Waals surface area contributed by atoms with E-state index in [0.29, 0.717) is 35.1 Å². The van der Waals surface area contributed by atoms with Crippen molar-refractivity contribution in [1.29, 1.82) is 0 Å². The van der Waals surface area contributed by atoms with Crippen LogP contribution in [0.15, 0.2) is 71.9 Å². The number of sulfonamides is 1. The number of urea groups is 1. The predicted octanol–water partition coefficient (Wildman–Crippen LogP) is 3.82. The molecule has 1 fully saturated rings. The van der Waals surface area contributed by atoms with E-state index in [1.807, 2.05) is 42.3 Å². The molecule has 182 valence electrons. The van der Waals surface area contributed by atoms with Crippen LogP contribution in [0.5, 0.6) is 0 Å². The lowest BCUT2D eigenvalue weighted by atomic mass is 10.1. The predicted molar refractivity (Wildman–Crippen MR) is 136 cm³/mol. The number of hydrogen-bond acceptors (Lipinski definition) is 6. The molecule has 3 aromatic rings. The number of amides is 2. The molecule has 0 aliphatic carbocycles. The molecule has 0 atom stereocenters. The third-order valence-electron chi connectivity index (χ3n) is 6.40. The molecule has 1 saturated heterocycles. The van der Waals surface area contributed by atoms with E-state index in [0.717, 1.165) is 23.0 Å². The molecule has 0 unspecified atom stereocenters. The quantitative estimate of drug-likeness (QED) is 0.518. The van der Waals surface area contributed by atoms with Crippen LogP contribution in [0.1, 0.15) is 11.1 Å². The molecule has 2 aliphatic heterocycles. The normalized spacial score (nSPS) is 18.0. The Morgan fingerprint density at radius 3 is 2.20 bits per heavy atom. The zero-order chi connectivity index (χ0) is 24.6. The van der Waals surface area contributed by atoms with Crippen molar-refractivity contribution in [2.75, 3.05) is 43.0 Å². The second-order valence-electron chi connectivity index (χ2n) is 8.78. The number of anilines is 2. The van der Waals surface area contributed by atoms with E-state index in [4.69, 9.17) is 11.6 Å².